The first kappa shape index (κ1) is 16.1. The van der Waals surface area contributed by atoms with Gasteiger partial charge >= 0.3 is 6.09 Å². The van der Waals surface area contributed by atoms with Gasteiger partial charge in [-0.3, -0.25) is 15.0 Å². The Bertz CT molecular complexity index is 519. The second kappa shape index (κ2) is 5.69. The van der Waals surface area contributed by atoms with Gasteiger partial charge in [0.1, 0.15) is 0 Å². The zero-order valence-corrected chi connectivity index (χ0v) is 13.7. The predicted octanol–water partition coefficient (Wildman–Crippen LogP) is 1.24. The van der Waals surface area contributed by atoms with Gasteiger partial charge in [-0.15, -0.1) is 0 Å². The fraction of sp³-hybridized carbons (Fsp3) is 0.812. The second-order valence-electron chi connectivity index (χ2n) is 7.50. The van der Waals surface area contributed by atoms with Gasteiger partial charge in [0, 0.05) is 12.5 Å². The Hall–Kier alpha value is -1.79. The van der Waals surface area contributed by atoms with E-state index in [4.69, 9.17) is 4.74 Å². The normalized spacial score (nSPS) is 37.1. The molecule has 0 aromatic heterocycles. The lowest BCUT2D eigenvalue weighted by molar-refractivity contribution is -0.153. The highest BCUT2D eigenvalue weighted by atomic mass is 16.5. The Morgan fingerprint density at radius 3 is 2.30 bits per heavy atom. The maximum absolute atomic E-state index is 12.7. The minimum atomic E-state index is -0.651. The van der Waals surface area contributed by atoms with Crippen LogP contribution >= 0.6 is 0 Å². The number of rotatable bonds is 3. The summed E-state index contributed by atoms with van der Waals surface area (Å²) in [6, 6.07) is 0. The Morgan fingerprint density at radius 1 is 1.09 bits per heavy atom. The lowest BCUT2D eigenvalue weighted by atomic mass is 9.46. The first-order chi connectivity index (χ1) is 10.9. The highest BCUT2D eigenvalue weighted by Gasteiger charge is 2.60. The molecule has 4 saturated carbocycles. The van der Waals surface area contributed by atoms with E-state index in [9.17, 15) is 14.4 Å². The highest BCUT2D eigenvalue weighted by Crippen LogP contribution is 2.61. The van der Waals surface area contributed by atoms with Crippen molar-refractivity contribution in [1.82, 2.24) is 16.2 Å². The lowest BCUT2D eigenvalue weighted by Gasteiger charge is -2.61. The van der Waals surface area contributed by atoms with Crippen molar-refractivity contribution in [3.8, 4) is 0 Å². The van der Waals surface area contributed by atoms with Gasteiger partial charge in [0.2, 0.25) is 11.8 Å². The molecule has 4 fully saturated rings. The van der Waals surface area contributed by atoms with Crippen LogP contribution in [-0.4, -0.2) is 30.1 Å². The molecule has 0 aromatic rings. The molecule has 7 nitrogen and oxygen atoms in total. The van der Waals surface area contributed by atoms with E-state index < -0.39 is 11.5 Å². The van der Waals surface area contributed by atoms with Gasteiger partial charge in [-0.1, -0.05) is 0 Å². The summed E-state index contributed by atoms with van der Waals surface area (Å²) in [5.41, 5.74) is 4.09. The Labute approximate surface area is 135 Å². The standard InChI is InChI=1S/C16H25N3O4/c1-3-23-14(22)19-18-13(21)15-5-11-4-12(6-15)8-16(7-11,9-15)17-10(2)20/h11-12H,3-9H2,1-2H3,(H,17,20)(H,18,21)(H,19,22). The van der Waals surface area contributed by atoms with Crippen molar-refractivity contribution < 1.29 is 19.1 Å². The zero-order chi connectivity index (χ0) is 16.7. The van der Waals surface area contributed by atoms with Gasteiger partial charge in [0.25, 0.3) is 0 Å². The number of carbonyl (C=O) groups excluding carboxylic acids is 3. The number of carbonyl (C=O) groups is 3. The molecule has 0 radical (unpaired) electrons. The fourth-order valence-corrected chi connectivity index (χ4v) is 5.46. The van der Waals surface area contributed by atoms with Gasteiger partial charge in [-0.2, -0.15) is 0 Å². The van der Waals surface area contributed by atoms with Crippen molar-refractivity contribution in [2.75, 3.05) is 6.61 Å². The second-order valence-corrected chi connectivity index (χ2v) is 7.50. The number of hydrogen-bond donors (Lipinski definition) is 3. The number of hydrogen-bond acceptors (Lipinski definition) is 4. The third kappa shape index (κ3) is 3.01. The first-order valence-electron chi connectivity index (χ1n) is 8.38. The molecule has 4 rings (SSSR count). The molecule has 4 bridgehead atoms. The van der Waals surface area contributed by atoms with Gasteiger partial charge in [0.15, 0.2) is 0 Å². The summed E-state index contributed by atoms with van der Waals surface area (Å²) in [6.45, 7) is 3.49. The molecule has 3 N–H and O–H groups in total. The van der Waals surface area contributed by atoms with Crippen LogP contribution in [0, 0.1) is 17.3 Å². The van der Waals surface area contributed by atoms with Gasteiger partial charge < -0.3 is 10.1 Å². The van der Waals surface area contributed by atoms with E-state index in [0.717, 1.165) is 32.1 Å². The molecule has 23 heavy (non-hydrogen) atoms. The lowest BCUT2D eigenvalue weighted by Crippen LogP contribution is -2.66. The molecule has 2 atom stereocenters. The minimum absolute atomic E-state index is 0.0350. The van der Waals surface area contributed by atoms with E-state index in [2.05, 4.69) is 16.2 Å². The van der Waals surface area contributed by atoms with E-state index in [1.807, 2.05) is 0 Å². The highest BCUT2D eigenvalue weighted by molar-refractivity contribution is 5.85. The molecule has 0 aromatic carbocycles. The number of amides is 3. The molecular weight excluding hydrogens is 298 g/mol. The topological polar surface area (TPSA) is 96.5 Å². The molecule has 0 spiro atoms. The van der Waals surface area contributed by atoms with Crippen LogP contribution in [0.1, 0.15) is 52.4 Å². The molecule has 128 valence electrons. The molecule has 2 unspecified atom stereocenters. The van der Waals surface area contributed by atoms with E-state index in [1.54, 1.807) is 6.92 Å². The van der Waals surface area contributed by atoms with Crippen LogP contribution in [0.4, 0.5) is 4.79 Å². The summed E-state index contributed by atoms with van der Waals surface area (Å²) in [5, 5.41) is 3.12. The average molecular weight is 323 g/mol. The first-order valence-corrected chi connectivity index (χ1v) is 8.38. The van der Waals surface area contributed by atoms with E-state index in [-0.39, 0.29) is 24.0 Å². The van der Waals surface area contributed by atoms with Crippen LogP contribution in [0.5, 0.6) is 0 Å². The molecule has 0 heterocycles. The molecule has 0 saturated heterocycles. The largest absolute Gasteiger partial charge is 0.449 e. The van der Waals surface area contributed by atoms with Crippen LogP contribution < -0.4 is 16.2 Å². The van der Waals surface area contributed by atoms with Crippen LogP contribution in [-0.2, 0) is 14.3 Å². The SMILES string of the molecule is CCOC(=O)NNC(=O)C12CC3CC(CC(NC(C)=O)(C3)C1)C2. The maximum Gasteiger partial charge on any atom is 0.426 e. The number of nitrogens with one attached hydrogen (secondary N) is 3. The quantitative estimate of drug-likeness (QED) is 0.681. The number of ether oxygens (including phenoxy) is 1. The van der Waals surface area contributed by atoms with E-state index >= 15 is 0 Å². The predicted molar refractivity (Wildman–Crippen MR) is 82.0 cm³/mol. The Morgan fingerprint density at radius 2 is 1.74 bits per heavy atom. The van der Waals surface area contributed by atoms with Crippen molar-refractivity contribution in [3.05, 3.63) is 0 Å². The zero-order valence-electron chi connectivity index (χ0n) is 13.7. The van der Waals surface area contributed by atoms with Gasteiger partial charge in [0.05, 0.1) is 12.0 Å². The van der Waals surface area contributed by atoms with Crippen LogP contribution in [0.3, 0.4) is 0 Å². The van der Waals surface area contributed by atoms with Gasteiger partial charge in [-0.05, 0) is 57.3 Å². The molecule has 4 aliphatic rings. The molecule has 3 amide bonds. The monoisotopic (exact) mass is 323 g/mol. The maximum atomic E-state index is 12.7. The summed E-state index contributed by atoms with van der Waals surface area (Å²) in [5.74, 6) is 0.745. The van der Waals surface area contributed by atoms with Crippen LogP contribution in [0.25, 0.3) is 0 Å². The van der Waals surface area contributed by atoms with Crippen molar-refractivity contribution in [3.63, 3.8) is 0 Å². The number of hydrazine groups is 1. The van der Waals surface area contributed by atoms with E-state index in [0.29, 0.717) is 18.3 Å². The summed E-state index contributed by atoms with van der Waals surface area (Å²) >= 11 is 0. The average Bonchev–Trinajstić information content (AvgIpc) is 2.42. The third-order valence-corrected chi connectivity index (χ3v) is 5.54. The molecular formula is C16H25N3O4. The van der Waals surface area contributed by atoms with E-state index in [1.165, 1.54) is 6.92 Å². The summed E-state index contributed by atoms with van der Waals surface area (Å²) in [7, 11) is 0. The third-order valence-electron chi connectivity index (χ3n) is 5.54. The summed E-state index contributed by atoms with van der Waals surface area (Å²) in [6.07, 6.45) is 4.74. The molecule has 0 aliphatic heterocycles. The van der Waals surface area contributed by atoms with Crippen molar-refractivity contribution in [2.24, 2.45) is 17.3 Å². The summed E-state index contributed by atoms with van der Waals surface area (Å²) < 4.78 is 4.76. The van der Waals surface area contributed by atoms with Crippen molar-refractivity contribution >= 4 is 17.9 Å². The van der Waals surface area contributed by atoms with Crippen molar-refractivity contribution in [1.29, 1.82) is 0 Å². The van der Waals surface area contributed by atoms with Gasteiger partial charge in [-0.25, -0.2) is 10.2 Å². The van der Waals surface area contributed by atoms with Crippen molar-refractivity contribution in [2.45, 2.75) is 57.9 Å². The molecule has 7 heteroatoms. The minimum Gasteiger partial charge on any atom is -0.449 e. The summed E-state index contributed by atoms with van der Waals surface area (Å²) in [4.78, 5) is 35.7. The Balaban J connectivity index is 1.72. The smallest absolute Gasteiger partial charge is 0.426 e. The molecule has 4 aliphatic carbocycles. The fourth-order valence-electron chi connectivity index (χ4n) is 5.46. The van der Waals surface area contributed by atoms with Crippen LogP contribution in [0.15, 0.2) is 0 Å². The van der Waals surface area contributed by atoms with Crippen LogP contribution in [0.2, 0.25) is 0 Å². The Kier molecular flexibility index (Phi) is 3.98.